The molecule has 3 aromatic carbocycles. The molecule has 0 heterocycles. The number of para-hydroxylation sites is 3. The van der Waals surface area contributed by atoms with Crippen LogP contribution in [0, 0.1) is 0 Å². The van der Waals surface area contributed by atoms with Crippen molar-refractivity contribution >= 4 is 23.1 Å². The van der Waals surface area contributed by atoms with Crippen LogP contribution in [0.15, 0.2) is 72.8 Å². The quantitative estimate of drug-likeness (QED) is 0.205. The van der Waals surface area contributed by atoms with E-state index in [2.05, 4.69) is 57.2 Å². The Hall–Kier alpha value is -2.06. The van der Waals surface area contributed by atoms with Gasteiger partial charge >= 0.3 is 198 Å². The molecular formula is C27H33BiO3. The molecule has 0 spiro atoms. The standard InChI is InChI=1S/3C9H12O.Bi/c3*1-2-5-8-6-3-4-7-9(8)10;/h3*3-4,6-7,10H,2,5H2,1H3;/q;;;+3/p-3. The fourth-order valence-corrected chi connectivity index (χ4v) is 7.89. The monoisotopic (exact) mass is 614 g/mol. The minimum atomic E-state index is -3.36. The first-order chi connectivity index (χ1) is 15.2. The summed E-state index contributed by atoms with van der Waals surface area (Å²) < 4.78 is 19.6. The van der Waals surface area contributed by atoms with Gasteiger partial charge in [0, 0.05) is 0 Å². The number of aryl methyl sites for hydroxylation is 3. The molecule has 31 heavy (non-hydrogen) atoms. The summed E-state index contributed by atoms with van der Waals surface area (Å²) in [5, 5.41) is 0. The third-order valence-corrected chi connectivity index (χ3v) is 9.03. The molecule has 3 aromatic rings. The van der Waals surface area contributed by atoms with Crippen LogP contribution in [-0.2, 0) is 19.3 Å². The summed E-state index contributed by atoms with van der Waals surface area (Å²) in [6.07, 6.45) is 6.15. The van der Waals surface area contributed by atoms with Crippen molar-refractivity contribution in [3.8, 4) is 17.2 Å². The van der Waals surface area contributed by atoms with Gasteiger partial charge in [-0.3, -0.25) is 0 Å². The summed E-state index contributed by atoms with van der Waals surface area (Å²) in [6.45, 7) is 6.56. The second kappa shape index (κ2) is 12.7. The molecule has 164 valence electrons. The van der Waals surface area contributed by atoms with E-state index in [-0.39, 0.29) is 0 Å². The number of rotatable bonds is 12. The van der Waals surface area contributed by atoms with Crippen LogP contribution in [0.5, 0.6) is 17.2 Å². The summed E-state index contributed by atoms with van der Waals surface area (Å²) in [4.78, 5) is 0. The van der Waals surface area contributed by atoms with Crippen LogP contribution in [0.2, 0.25) is 0 Å². The molecule has 0 saturated carbocycles. The first-order valence-corrected chi connectivity index (χ1v) is 15.6. The Morgan fingerprint density at radius 3 is 1.06 bits per heavy atom. The van der Waals surface area contributed by atoms with Crippen LogP contribution < -0.4 is 8.44 Å². The molecule has 3 rings (SSSR count). The predicted octanol–water partition coefficient (Wildman–Crippen LogP) is 7.07. The molecular weight excluding hydrogens is 581 g/mol. The molecule has 0 aliphatic heterocycles. The average molecular weight is 615 g/mol. The SMILES string of the molecule is CCCc1ccccc1[O][Bi]([O]c1ccccc1CCC)[O]c1ccccc1CCC. The van der Waals surface area contributed by atoms with Crippen LogP contribution in [0.3, 0.4) is 0 Å². The Balaban J connectivity index is 1.91. The minimum absolute atomic E-state index is 0.892. The van der Waals surface area contributed by atoms with E-state index in [0.717, 1.165) is 55.8 Å². The maximum absolute atomic E-state index is 6.53. The third kappa shape index (κ3) is 6.97. The molecule has 0 aliphatic rings. The summed E-state index contributed by atoms with van der Waals surface area (Å²) in [7, 11) is 0. The van der Waals surface area contributed by atoms with Gasteiger partial charge in [0.2, 0.25) is 0 Å². The van der Waals surface area contributed by atoms with E-state index in [1.807, 2.05) is 36.4 Å². The Bertz CT molecular complexity index is 819. The van der Waals surface area contributed by atoms with Crippen molar-refractivity contribution in [2.24, 2.45) is 0 Å². The van der Waals surface area contributed by atoms with E-state index >= 15 is 0 Å². The second-order valence-electron chi connectivity index (χ2n) is 7.57. The summed E-state index contributed by atoms with van der Waals surface area (Å²) >= 11 is -3.36. The Morgan fingerprint density at radius 1 is 0.484 bits per heavy atom. The molecule has 0 aromatic heterocycles. The molecule has 0 aliphatic carbocycles. The van der Waals surface area contributed by atoms with E-state index in [9.17, 15) is 0 Å². The van der Waals surface area contributed by atoms with Crippen LogP contribution in [-0.4, -0.2) is 23.1 Å². The number of benzene rings is 3. The van der Waals surface area contributed by atoms with Gasteiger partial charge in [-0.15, -0.1) is 0 Å². The zero-order valence-electron chi connectivity index (χ0n) is 18.8. The van der Waals surface area contributed by atoms with E-state index in [1.54, 1.807) is 0 Å². The molecule has 0 N–H and O–H groups in total. The van der Waals surface area contributed by atoms with Gasteiger partial charge in [-0.05, 0) is 0 Å². The van der Waals surface area contributed by atoms with Gasteiger partial charge in [-0.25, -0.2) is 0 Å². The normalized spacial score (nSPS) is 10.8. The average Bonchev–Trinajstić information content (AvgIpc) is 2.78. The van der Waals surface area contributed by atoms with Crippen LogP contribution >= 0.6 is 0 Å². The summed E-state index contributed by atoms with van der Waals surface area (Å²) in [6, 6.07) is 24.8. The van der Waals surface area contributed by atoms with E-state index in [0.29, 0.717) is 0 Å². The van der Waals surface area contributed by atoms with Gasteiger partial charge in [0.25, 0.3) is 0 Å². The fraction of sp³-hybridized carbons (Fsp3) is 0.333. The van der Waals surface area contributed by atoms with Gasteiger partial charge in [0.1, 0.15) is 0 Å². The maximum atomic E-state index is 6.53. The summed E-state index contributed by atoms with van der Waals surface area (Å²) in [5.41, 5.74) is 3.63. The summed E-state index contributed by atoms with van der Waals surface area (Å²) in [5.74, 6) is 2.68. The van der Waals surface area contributed by atoms with Crippen LogP contribution in [0.25, 0.3) is 0 Å². The number of hydrogen-bond donors (Lipinski definition) is 0. The van der Waals surface area contributed by atoms with Crippen molar-refractivity contribution < 1.29 is 8.44 Å². The van der Waals surface area contributed by atoms with Crippen molar-refractivity contribution in [1.29, 1.82) is 0 Å². The van der Waals surface area contributed by atoms with Gasteiger partial charge in [0.15, 0.2) is 0 Å². The van der Waals surface area contributed by atoms with Crippen LogP contribution in [0.1, 0.15) is 56.7 Å². The molecule has 0 atom stereocenters. The molecule has 3 nitrogen and oxygen atoms in total. The second-order valence-corrected chi connectivity index (χ2v) is 11.4. The Kier molecular flexibility index (Phi) is 9.68. The predicted molar refractivity (Wildman–Crippen MR) is 129 cm³/mol. The Labute approximate surface area is 196 Å². The van der Waals surface area contributed by atoms with Crippen molar-refractivity contribution in [2.45, 2.75) is 59.3 Å². The molecule has 0 bridgehead atoms. The van der Waals surface area contributed by atoms with Crippen LogP contribution in [0.4, 0.5) is 0 Å². The Morgan fingerprint density at radius 2 is 0.774 bits per heavy atom. The van der Waals surface area contributed by atoms with Gasteiger partial charge in [-0.2, -0.15) is 0 Å². The molecule has 0 saturated heterocycles. The van der Waals surface area contributed by atoms with Gasteiger partial charge in [-0.1, -0.05) is 0 Å². The molecule has 0 unspecified atom stereocenters. The van der Waals surface area contributed by atoms with Gasteiger partial charge in [0.05, 0.1) is 0 Å². The van der Waals surface area contributed by atoms with E-state index < -0.39 is 23.1 Å². The van der Waals surface area contributed by atoms with Crippen molar-refractivity contribution in [1.82, 2.24) is 0 Å². The topological polar surface area (TPSA) is 27.7 Å². The first-order valence-electron chi connectivity index (χ1n) is 11.3. The zero-order valence-corrected chi connectivity index (χ0v) is 22.3. The molecule has 0 amide bonds. The number of hydrogen-bond acceptors (Lipinski definition) is 3. The fourth-order valence-electron chi connectivity index (χ4n) is 3.50. The molecule has 0 radical (unpaired) electrons. The zero-order chi connectivity index (χ0) is 21.9. The third-order valence-electron chi connectivity index (χ3n) is 4.99. The van der Waals surface area contributed by atoms with Gasteiger partial charge < -0.3 is 0 Å². The van der Waals surface area contributed by atoms with E-state index in [1.165, 1.54) is 16.7 Å². The van der Waals surface area contributed by atoms with E-state index in [4.69, 9.17) is 8.44 Å². The van der Waals surface area contributed by atoms with Crippen molar-refractivity contribution in [3.05, 3.63) is 89.5 Å². The van der Waals surface area contributed by atoms with Crippen molar-refractivity contribution in [2.75, 3.05) is 0 Å². The molecule has 4 heteroatoms. The molecule has 0 fully saturated rings. The first kappa shape index (κ1) is 23.6. The van der Waals surface area contributed by atoms with Crippen molar-refractivity contribution in [3.63, 3.8) is 0 Å².